The molecule has 2 aromatic carbocycles. The number of alkyl halides is 3. The number of hydrogen-bond acceptors (Lipinski definition) is 4. The number of halogens is 5. The number of ketones is 1. The van der Waals surface area contributed by atoms with E-state index in [0.29, 0.717) is 37.2 Å². The molecule has 35 heavy (non-hydrogen) atoms. The summed E-state index contributed by atoms with van der Waals surface area (Å²) in [4.78, 5) is 26.9. The number of esters is 1. The summed E-state index contributed by atoms with van der Waals surface area (Å²) in [6.45, 7) is 1.73. The summed E-state index contributed by atoms with van der Waals surface area (Å²) in [6, 6.07) is 8.50. The predicted octanol–water partition coefficient (Wildman–Crippen LogP) is 5.85. The van der Waals surface area contributed by atoms with Crippen LogP contribution in [-0.4, -0.2) is 29.7 Å². The summed E-state index contributed by atoms with van der Waals surface area (Å²) < 4.78 is 71.1. The monoisotopic (exact) mass is 495 g/mol. The fraction of sp³-hybridized carbons (Fsp3) is 0.462. The Morgan fingerprint density at radius 1 is 1.03 bits per heavy atom. The Kier molecular flexibility index (Phi) is 7.54. The third-order valence-electron chi connectivity index (χ3n) is 6.92. The van der Waals surface area contributed by atoms with Crippen LogP contribution in [0.2, 0.25) is 0 Å². The summed E-state index contributed by atoms with van der Waals surface area (Å²) in [5.74, 6) is -2.78. The molecule has 0 bridgehead atoms. The Hall–Kier alpha value is -2.81. The highest BCUT2D eigenvalue weighted by Gasteiger charge is 2.41. The van der Waals surface area contributed by atoms with E-state index < -0.39 is 41.4 Å². The quantitative estimate of drug-likeness (QED) is 0.357. The molecule has 4 rings (SSSR count). The first kappa shape index (κ1) is 25.3. The van der Waals surface area contributed by atoms with E-state index in [0.717, 1.165) is 31.0 Å². The molecule has 0 amide bonds. The van der Waals surface area contributed by atoms with Gasteiger partial charge in [-0.15, -0.1) is 0 Å². The number of ether oxygens (including phenoxy) is 1. The van der Waals surface area contributed by atoms with Gasteiger partial charge in [0.2, 0.25) is 0 Å². The summed E-state index contributed by atoms with van der Waals surface area (Å²) >= 11 is 0. The molecule has 2 atom stereocenters. The molecule has 0 radical (unpaired) electrons. The molecular formula is C26H26F5NO3. The fourth-order valence-corrected chi connectivity index (χ4v) is 4.88. The van der Waals surface area contributed by atoms with Crippen LogP contribution in [0, 0.1) is 23.5 Å². The topological polar surface area (TPSA) is 46.6 Å². The van der Waals surface area contributed by atoms with Crippen LogP contribution in [0.1, 0.15) is 54.9 Å². The highest BCUT2D eigenvalue weighted by molar-refractivity contribution is 5.88. The van der Waals surface area contributed by atoms with Crippen LogP contribution in [0.25, 0.3) is 0 Å². The van der Waals surface area contributed by atoms with Gasteiger partial charge in [0.25, 0.3) is 0 Å². The minimum atomic E-state index is -4.47. The Morgan fingerprint density at radius 3 is 2.37 bits per heavy atom. The average Bonchev–Trinajstić information content (AvgIpc) is 3.22. The van der Waals surface area contributed by atoms with Crippen LogP contribution in [0.5, 0.6) is 0 Å². The molecule has 2 saturated heterocycles. The van der Waals surface area contributed by atoms with Gasteiger partial charge in [-0.1, -0.05) is 24.3 Å². The molecular weight excluding hydrogens is 469 g/mol. The second kappa shape index (κ2) is 10.4. The van der Waals surface area contributed by atoms with Crippen molar-refractivity contribution in [2.75, 3.05) is 13.1 Å². The van der Waals surface area contributed by atoms with Crippen LogP contribution >= 0.6 is 0 Å². The maximum atomic E-state index is 13.9. The Balaban J connectivity index is 1.28. The van der Waals surface area contributed by atoms with E-state index in [1.54, 1.807) is 6.07 Å². The SMILES string of the molecule is O=C1C[C@H](C(=O)CCC2CCN(Cc3cccc(F)c3F)CC2)[C@@H](c2ccc(C(F)(F)F)cc2)O1. The van der Waals surface area contributed by atoms with Gasteiger partial charge in [-0.3, -0.25) is 14.5 Å². The van der Waals surface area contributed by atoms with E-state index in [9.17, 15) is 31.5 Å². The van der Waals surface area contributed by atoms with Gasteiger partial charge in [0.05, 0.1) is 17.9 Å². The van der Waals surface area contributed by atoms with Crippen LogP contribution in [-0.2, 0) is 27.0 Å². The number of cyclic esters (lactones) is 1. The van der Waals surface area contributed by atoms with Crippen molar-refractivity contribution in [3.63, 3.8) is 0 Å². The van der Waals surface area contributed by atoms with Gasteiger partial charge in [-0.2, -0.15) is 13.2 Å². The lowest BCUT2D eigenvalue weighted by Crippen LogP contribution is -2.34. The molecule has 2 heterocycles. The Bertz CT molecular complexity index is 1060. The molecule has 0 saturated carbocycles. The molecule has 0 unspecified atom stereocenters. The molecule has 2 aliphatic rings. The summed E-state index contributed by atoms with van der Waals surface area (Å²) in [5, 5.41) is 0. The number of benzene rings is 2. The van der Waals surface area contributed by atoms with Crippen molar-refractivity contribution >= 4 is 11.8 Å². The van der Waals surface area contributed by atoms with Gasteiger partial charge in [-0.05, 0) is 62.0 Å². The average molecular weight is 495 g/mol. The molecule has 2 aromatic rings. The molecule has 2 fully saturated rings. The first-order valence-electron chi connectivity index (χ1n) is 11.7. The van der Waals surface area contributed by atoms with Crippen molar-refractivity contribution in [3.8, 4) is 0 Å². The maximum Gasteiger partial charge on any atom is 0.416 e. The van der Waals surface area contributed by atoms with Crippen molar-refractivity contribution < 1.29 is 36.3 Å². The van der Waals surface area contributed by atoms with Gasteiger partial charge in [0.15, 0.2) is 11.6 Å². The zero-order chi connectivity index (χ0) is 25.2. The smallest absolute Gasteiger partial charge is 0.416 e. The van der Waals surface area contributed by atoms with E-state index in [4.69, 9.17) is 4.74 Å². The fourth-order valence-electron chi connectivity index (χ4n) is 4.88. The van der Waals surface area contributed by atoms with E-state index in [-0.39, 0.29) is 24.5 Å². The number of carbonyl (C=O) groups is 2. The summed E-state index contributed by atoms with van der Waals surface area (Å²) in [5.41, 5.74) is -0.112. The molecule has 2 aliphatic heterocycles. The van der Waals surface area contributed by atoms with Crippen LogP contribution < -0.4 is 0 Å². The number of piperidine rings is 1. The number of Topliss-reactive ketones (excluding diaryl/α,β-unsaturated/α-hetero) is 1. The normalized spacial score (nSPS) is 21.8. The van der Waals surface area contributed by atoms with Crippen molar-refractivity contribution in [3.05, 3.63) is 70.8 Å². The van der Waals surface area contributed by atoms with Gasteiger partial charge in [0, 0.05) is 18.5 Å². The predicted molar refractivity (Wildman–Crippen MR) is 117 cm³/mol. The molecule has 4 nitrogen and oxygen atoms in total. The van der Waals surface area contributed by atoms with E-state index in [2.05, 4.69) is 4.90 Å². The van der Waals surface area contributed by atoms with Gasteiger partial charge < -0.3 is 4.74 Å². The number of hydrogen-bond donors (Lipinski definition) is 0. The molecule has 0 N–H and O–H groups in total. The standard InChI is InChI=1S/C26H26F5NO3/c27-21-3-1-2-18(24(21)28)15-32-12-10-16(11-13-32)4-9-22(33)20-14-23(34)35-25(20)17-5-7-19(8-6-17)26(29,30)31/h1-3,5-8,16,20,25H,4,9-15H2/t20-,25-/m1/s1. The third-order valence-corrected chi connectivity index (χ3v) is 6.92. The van der Waals surface area contributed by atoms with Crippen molar-refractivity contribution in [1.82, 2.24) is 4.90 Å². The van der Waals surface area contributed by atoms with Crippen LogP contribution in [0.4, 0.5) is 22.0 Å². The number of carbonyl (C=O) groups excluding carboxylic acids is 2. The van der Waals surface area contributed by atoms with Crippen molar-refractivity contribution in [2.24, 2.45) is 11.8 Å². The first-order valence-corrected chi connectivity index (χ1v) is 11.7. The molecule has 0 spiro atoms. The van der Waals surface area contributed by atoms with Gasteiger partial charge >= 0.3 is 12.1 Å². The zero-order valence-corrected chi connectivity index (χ0v) is 19.0. The minimum absolute atomic E-state index is 0.0812. The third kappa shape index (κ3) is 6.07. The lowest BCUT2D eigenvalue weighted by molar-refractivity contribution is -0.142. The van der Waals surface area contributed by atoms with Crippen molar-refractivity contribution in [1.29, 1.82) is 0 Å². The first-order chi connectivity index (χ1) is 16.6. The van der Waals surface area contributed by atoms with Crippen molar-refractivity contribution in [2.45, 2.75) is 50.9 Å². The van der Waals surface area contributed by atoms with Gasteiger partial charge in [-0.25, -0.2) is 8.78 Å². The van der Waals surface area contributed by atoms with Gasteiger partial charge in [0.1, 0.15) is 11.9 Å². The molecule has 9 heteroatoms. The van der Waals surface area contributed by atoms with E-state index in [1.165, 1.54) is 18.2 Å². The number of nitrogens with zero attached hydrogens (tertiary/aromatic N) is 1. The maximum absolute atomic E-state index is 13.9. The van der Waals surface area contributed by atoms with E-state index in [1.807, 2.05) is 0 Å². The number of rotatable bonds is 7. The molecule has 188 valence electrons. The second-order valence-electron chi connectivity index (χ2n) is 9.28. The van der Waals surface area contributed by atoms with Crippen LogP contribution in [0.15, 0.2) is 42.5 Å². The lowest BCUT2D eigenvalue weighted by Gasteiger charge is -2.32. The minimum Gasteiger partial charge on any atom is -0.457 e. The second-order valence-corrected chi connectivity index (χ2v) is 9.28. The summed E-state index contributed by atoms with van der Waals surface area (Å²) in [6.07, 6.45) is -2.92. The molecule has 0 aliphatic carbocycles. The molecule has 0 aromatic heterocycles. The van der Waals surface area contributed by atoms with Crippen LogP contribution in [0.3, 0.4) is 0 Å². The summed E-state index contributed by atoms with van der Waals surface area (Å²) in [7, 11) is 0. The Labute approximate surface area is 200 Å². The zero-order valence-electron chi connectivity index (χ0n) is 19.0. The lowest BCUT2D eigenvalue weighted by atomic mass is 9.85. The highest BCUT2D eigenvalue weighted by atomic mass is 19.4. The van der Waals surface area contributed by atoms with E-state index >= 15 is 0 Å². The highest BCUT2D eigenvalue weighted by Crippen LogP contribution is 2.39. The number of likely N-dealkylation sites (tertiary alicyclic amines) is 1. The largest absolute Gasteiger partial charge is 0.457 e. The Morgan fingerprint density at radius 2 is 1.71 bits per heavy atom.